The van der Waals surface area contributed by atoms with Gasteiger partial charge in [0, 0.05) is 45.6 Å². The molecule has 0 spiro atoms. The van der Waals surface area contributed by atoms with Crippen LogP contribution in [0, 0.1) is 17.8 Å². The van der Waals surface area contributed by atoms with E-state index in [2.05, 4.69) is 5.32 Å². The van der Waals surface area contributed by atoms with Gasteiger partial charge in [-0.1, -0.05) is 18.2 Å². The minimum atomic E-state index is 0.0193. The Hall–Kier alpha value is -2.24. The molecule has 0 radical (unpaired) electrons. The molecule has 6 nitrogen and oxygen atoms in total. The van der Waals surface area contributed by atoms with E-state index in [-0.39, 0.29) is 11.9 Å². The van der Waals surface area contributed by atoms with Gasteiger partial charge < -0.3 is 19.9 Å². The number of benzene rings is 1. The van der Waals surface area contributed by atoms with Crippen molar-refractivity contribution in [3.63, 3.8) is 0 Å². The van der Waals surface area contributed by atoms with Gasteiger partial charge in [-0.05, 0) is 43.7 Å². The fourth-order valence-electron chi connectivity index (χ4n) is 4.40. The van der Waals surface area contributed by atoms with E-state index >= 15 is 0 Å². The average Bonchev–Trinajstić information content (AvgIpc) is 3.12. The molecule has 148 valence electrons. The normalized spacial score (nSPS) is 23.3. The number of likely N-dealkylation sites (tertiary alicyclic amines) is 2. The van der Waals surface area contributed by atoms with Crippen molar-refractivity contribution in [2.75, 3.05) is 39.3 Å². The van der Waals surface area contributed by atoms with Crippen molar-refractivity contribution >= 4 is 11.9 Å². The summed E-state index contributed by atoms with van der Waals surface area (Å²) in [5.41, 5.74) is 0. The summed E-state index contributed by atoms with van der Waals surface area (Å²) in [4.78, 5) is 27.8. The number of rotatable bonds is 5. The van der Waals surface area contributed by atoms with Crippen molar-refractivity contribution < 1.29 is 14.3 Å². The van der Waals surface area contributed by atoms with Gasteiger partial charge in [-0.15, -0.1) is 0 Å². The molecule has 3 amide bonds. The number of hydrogen-bond acceptors (Lipinski definition) is 3. The smallest absolute Gasteiger partial charge is 0.317 e. The molecule has 1 N–H and O–H groups in total. The van der Waals surface area contributed by atoms with Crippen LogP contribution in [0.15, 0.2) is 30.3 Å². The van der Waals surface area contributed by atoms with Gasteiger partial charge in [0.05, 0.1) is 6.61 Å². The third-order valence-corrected chi connectivity index (χ3v) is 5.90. The summed E-state index contributed by atoms with van der Waals surface area (Å²) >= 11 is 0. The number of amides is 3. The first kappa shape index (κ1) is 19.5. The highest BCUT2D eigenvalue weighted by molar-refractivity contribution is 5.74. The molecule has 0 bridgehead atoms. The largest absolute Gasteiger partial charge is 0.493 e. The predicted molar refractivity (Wildman–Crippen MR) is 105 cm³/mol. The number of piperidine rings is 1. The minimum Gasteiger partial charge on any atom is -0.493 e. The van der Waals surface area contributed by atoms with Gasteiger partial charge in [0.25, 0.3) is 0 Å². The Bertz CT molecular complexity index is 629. The van der Waals surface area contributed by atoms with Gasteiger partial charge in [-0.25, -0.2) is 4.79 Å². The summed E-state index contributed by atoms with van der Waals surface area (Å²) in [5.74, 6) is 2.31. The summed E-state index contributed by atoms with van der Waals surface area (Å²) in [6.45, 7) is 8.01. The lowest BCUT2D eigenvalue weighted by molar-refractivity contribution is -0.130. The summed E-state index contributed by atoms with van der Waals surface area (Å²) < 4.78 is 6.04. The van der Waals surface area contributed by atoms with Crippen LogP contribution in [0.2, 0.25) is 0 Å². The topological polar surface area (TPSA) is 61.9 Å². The SMILES string of the molecule is CCNC(=O)N1C[C@@H](COc2ccccc2)[C@H](C2CCN(C(C)=O)CC2)C1. The molecule has 0 saturated carbocycles. The maximum absolute atomic E-state index is 12.4. The molecule has 1 aromatic rings. The molecule has 0 aromatic heterocycles. The van der Waals surface area contributed by atoms with E-state index in [9.17, 15) is 9.59 Å². The summed E-state index contributed by atoms with van der Waals surface area (Å²) in [5, 5.41) is 2.92. The Morgan fingerprint density at radius 2 is 1.81 bits per heavy atom. The fourth-order valence-corrected chi connectivity index (χ4v) is 4.40. The van der Waals surface area contributed by atoms with Crippen molar-refractivity contribution in [1.82, 2.24) is 15.1 Å². The Morgan fingerprint density at radius 3 is 2.44 bits per heavy atom. The number of carbonyl (C=O) groups is 2. The van der Waals surface area contributed by atoms with Crippen LogP contribution in [0.4, 0.5) is 4.79 Å². The summed E-state index contributed by atoms with van der Waals surface area (Å²) in [7, 11) is 0. The van der Waals surface area contributed by atoms with E-state index in [1.807, 2.05) is 47.1 Å². The maximum Gasteiger partial charge on any atom is 0.317 e. The van der Waals surface area contributed by atoms with Crippen LogP contribution in [0.5, 0.6) is 5.75 Å². The van der Waals surface area contributed by atoms with Crippen LogP contribution in [0.3, 0.4) is 0 Å². The van der Waals surface area contributed by atoms with Gasteiger partial charge in [-0.2, -0.15) is 0 Å². The Kier molecular flexibility index (Phi) is 6.58. The molecule has 0 aliphatic carbocycles. The van der Waals surface area contributed by atoms with E-state index in [1.54, 1.807) is 6.92 Å². The van der Waals surface area contributed by atoms with Gasteiger partial charge >= 0.3 is 6.03 Å². The Balaban J connectivity index is 1.64. The van der Waals surface area contributed by atoms with Gasteiger partial charge in [0.1, 0.15) is 5.75 Å². The van der Waals surface area contributed by atoms with E-state index in [0.717, 1.165) is 44.8 Å². The van der Waals surface area contributed by atoms with Crippen molar-refractivity contribution in [1.29, 1.82) is 0 Å². The van der Waals surface area contributed by atoms with Crippen molar-refractivity contribution in [2.24, 2.45) is 17.8 Å². The zero-order valence-electron chi connectivity index (χ0n) is 16.4. The maximum atomic E-state index is 12.4. The molecule has 2 atom stereocenters. The van der Waals surface area contributed by atoms with Gasteiger partial charge in [0.2, 0.25) is 5.91 Å². The van der Waals surface area contributed by atoms with Crippen LogP contribution in [0.25, 0.3) is 0 Å². The first-order valence-corrected chi connectivity index (χ1v) is 10.0. The number of carbonyl (C=O) groups excluding carboxylic acids is 2. The van der Waals surface area contributed by atoms with Crippen molar-refractivity contribution in [3.05, 3.63) is 30.3 Å². The third kappa shape index (κ3) is 4.93. The highest BCUT2D eigenvalue weighted by atomic mass is 16.5. The molecule has 1 aromatic carbocycles. The number of urea groups is 1. The molecule has 2 heterocycles. The fraction of sp³-hybridized carbons (Fsp3) is 0.619. The van der Waals surface area contributed by atoms with Gasteiger partial charge in [-0.3, -0.25) is 4.79 Å². The third-order valence-electron chi connectivity index (χ3n) is 5.90. The van der Waals surface area contributed by atoms with Crippen molar-refractivity contribution in [2.45, 2.75) is 26.7 Å². The van der Waals surface area contributed by atoms with Crippen LogP contribution >= 0.6 is 0 Å². The van der Waals surface area contributed by atoms with Gasteiger partial charge in [0.15, 0.2) is 0 Å². The zero-order valence-corrected chi connectivity index (χ0v) is 16.4. The highest BCUT2D eigenvalue weighted by Gasteiger charge is 2.41. The Morgan fingerprint density at radius 1 is 1.11 bits per heavy atom. The number of hydrogen-bond donors (Lipinski definition) is 1. The average molecular weight is 373 g/mol. The number of ether oxygens (including phenoxy) is 1. The lowest BCUT2D eigenvalue weighted by atomic mass is 9.79. The molecule has 27 heavy (non-hydrogen) atoms. The summed E-state index contributed by atoms with van der Waals surface area (Å²) in [6, 6.07) is 9.88. The molecule has 2 saturated heterocycles. The predicted octanol–water partition coefficient (Wildman–Crippen LogP) is 2.60. The van der Waals surface area contributed by atoms with E-state index in [4.69, 9.17) is 4.74 Å². The second kappa shape index (κ2) is 9.11. The van der Waals surface area contributed by atoms with E-state index in [0.29, 0.717) is 30.9 Å². The first-order valence-electron chi connectivity index (χ1n) is 10.0. The zero-order chi connectivity index (χ0) is 19.2. The second-order valence-electron chi connectivity index (χ2n) is 7.63. The quantitative estimate of drug-likeness (QED) is 0.863. The number of para-hydroxylation sites is 1. The number of nitrogens with zero attached hydrogens (tertiary/aromatic N) is 2. The van der Waals surface area contributed by atoms with Crippen molar-refractivity contribution in [3.8, 4) is 5.75 Å². The van der Waals surface area contributed by atoms with Crippen LogP contribution in [-0.2, 0) is 4.79 Å². The van der Waals surface area contributed by atoms with Crippen LogP contribution in [0.1, 0.15) is 26.7 Å². The van der Waals surface area contributed by atoms with Crippen LogP contribution < -0.4 is 10.1 Å². The monoisotopic (exact) mass is 373 g/mol. The second-order valence-corrected chi connectivity index (χ2v) is 7.63. The summed E-state index contributed by atoms with van der Waals surface area (Å²) in [6.07, 6.45) is 2.02. The lowest BCUT2D eigenvalue weighted by Gasteiger charge is -2.36. The molecule has 0 unspecified atom stereocenters. The molecule has 3 rings (SSSR count). The standard InChI is InChI=1S/C21H31N3O3/c1-3-22-21(26)24-13-18(15-27-19-7-5-4-6-8-19)20(14-24)17-9-11-23(12-10-17)16(2)25/h4-8,17-18,20H,3,9-15H2,1-2H3,(H,22,26)/t18-,20-/m0/s1. The molecule has 2 aliphatic rings. The number of nitrogens with one attached hydrogen (secondary N) is 1. The van der Waals surface area contributed by atoms with E-state index in [1.165, 1.54) is 0 Å². The molecule has 6 heteroatoms. The molecular formula is C21H31N3O3. The highest BCUT2D eigenvalue weighted by Crippen LogP contribution is 2.36. The molecule has 2 fully saturated rings. The van der Waals surface area contributed by atoms with Crippen LogP contribution in [-0.4, -0.2) is 61.1 Å². The molecule has 2 aliphatic heterocycles. The molecular weight excluding hydrogens is 342 g/mol. The lowest BCUT2D eigenvalue weighted by Crippen LogP contribution is -2.41. The Labute approximate surface area is 161 Å². The first-order chi connectivity index (χ1) is 13.1. The van der Waals surface area contributed by atoms with E-state index < -0.39 is 0 Å². The minimum absolute atomic E-state index is 0.0193.